The molecule has 0 atom stereocenters. The summed E-state index contributed by atoms with van der Waals surface area (Å²) in [4.78, 5) is 0. The Kier molecular flexibility index (Phi) is 10.6. The minimum atomic E-state index is -0.0129. The molecule has 0 unspecified atom stereocenters. The van der Waals surface area contributed by atoms with E-state index in [1.165, 1.54) is 100 Å². The van der Waals surface area contributed by atoms with E-state index in [4.69, 9.17) is 0 Å². The second kappa shape index (κ2) is 16.6. The highest BCUT2D eigenvalue weighted by atomic mass is 14.5. The highest BCUT2D eigenvalue weighted by Crippen LogP contribution is 2.57. The molecule has 306 valence electrons. The maximum absolute atomic E-state index is 2.59. The van der Waals surface area contributed by atoms with Crippen LogP contribution in [0.3, 0.4) is 0 Å². The van der Waals surface area contributed by atoms with E-state index in [0.717, 1.165) is 51.4 Å². The molecule has 10 rings (SSSR count). The minimum Gasteiger partial charge on any atom is -0.0653 e. The Hall–Kier alpha value is -6.24. The lowest BCUT2D eigenvalue weighted by Crippen LogP contribution is -2.25. The first-order valence-corrected chi connectivity index (χ1v) is 23.4. The van der Waals surface area contributed by atoms with Crippen LogP contribution in [0.4, 0.5) is 0 Å². The zero-order chi connectivity index (χ0) is 42.3. The average Bonchev–Trinajstić information content (AvgIpc) is 3.74. The fraction of sp³-hybridized carbons (Fsp3) is 0.226. The molecule has 0 heteroatoms. The Morgan fingerprint density at radius 2 is 0.452 bits per heavy atom. The molecule has 0 nitrogen and oxygen atoms in total. The molecule has 0 radical (unpaired) electrons. The zero-order valence-electron chi connectivity index (χ0n) is 37.0. The maximum atomic E-state index is 2.59. The van der Waals surface area contributed by atoms with Gasteiger partial charge in [0.2, 0.25) is 0 Å². The molecule has 62 heavy (non-hydrogen) atoms. The third-order valence-corrected chi connectivity index (χ3v) is 14.4. The number of hydrogen-bond acceptors (Lipinski definition) is 0. The Labute approximate surface area is 370 Å². The first-order chi connectivity index (χ1) is 30.5. The summed E-state index contributed by atoms with van der Waals surface area (Å²) < 4.78 is 0. The van der Waals surface area contributed by atoms with Gasteiger partial charge in [0.15, 0.2) is 0 Å². The first-order valence-electron chi connectivity index (χ1n) is 23.4. The molecule has 0 bridgehead atoms. The summed E-state index contributed by atoms with van der Waals surface area (Å²) in [7, 11) is 0. The largest absolute Gasteiger partial charge is 0.0653 e. The Morgan fingerprint density at radius 3 is 0.710 bits per heavy atom. The monoisotopic (exact) mass is 802 g/mol. The fourth-order valence-electron chi connectivity index (χ4n) is 11.7. The van der Waals surface area contributed by atoms with Crippen molar-refractivity contribution in [3.8, 4) is 77.9 Å². The van der Waals surface area contributed by atoms with Gasteiger partial charge < -0.3 is 0 Å². The van der Waals surface area contributed by atoms with E-state index in [2.05, 4.69) is 210 Å². The standard InChI is InChI=1S/C62H58/c1-5-35-61(36-6-2)57-39-49(47-23-19-45(20-24-47)43-15-11-9-12-16-43)27-31-53(57)55-33-29-51(41-59(55)61)52-30-34-56-54-32-28-50(40-58(54)62(37-7-3,38-8-4)60(56)42-52)48-25-21-46(22-26-48)44-17-13-10-14-18-44/h9-34,39-42H,5-8,35-38H2,1-4H3. The molecule has 0 N–H and O–H groups in total. The quantitative estimate of drug-likeness (QED) is 0.109. The molecule has 0 heterocycles. The van der Waals surface area contributed by atoms with Gasteiger partial charge in [0.05, 0.1) is 0 Å². The van der Waals surface area contributed by atoms with Gasteiger partial charge in [-0.1, -0.05) is 211 Å². The smallest absolute Gasteiger partial charge is 0.0215 e. The fourth-order valence-corrected chi connectivity index (χ4v) is 11.7. The topological polar surface area (TPSA) is 0 Å². The van der Waals surface area contributed by atoms with Crippen molar-refractivity contribution in [3.05, 3.63) is 204 Å². The van der Waals surface area contributed by atoms with E-state index in [9.17, 15) is 0 Å². The molecule has 8 aromatic carbocycles. The van der Waals surface area contributed by atoms with Gasteiger partial charge in [0.1, 0.15) is 0 Å². The van der Waals surface area contributed by atoms with Gasteiger partial charge in [0.25, 0.3) is 0 Å². The molecule has 0 aromatic heterocycles. The Balaban J connectivity index is 1.03. The van der Waals surface area contributed by atoms with Crippen LogP contribution in [-0.4, -0.2) is 0 Å². The van der Waals surface area contributed by atoms with Gasteiger partial charge in [-0.25, -0.2) is 0 Å². The normalized spacial score (nSPS) is 13.9. The average molecular weight is 803 g/mol. The van der Waals surface area contributed by atoms with Crippen LogP contribution in [0, 0.1) is 0 Å². The molecule has 0 spiro atoms. The highest BCUT2D eigenvalue weighted by molar-refractivity contribution is 5.89. The maximum Gasteiger partial charge on any atom is 0.0215 e. The lowest BCUT2D eigenvalue weighted by Gasteiger charge is -2.33. The number of benzene rings is 8. The van der Waals surface area contributed by atoms with Crippen LogP contribution in [0.5, 0.6) is 0 Å². The van der Waals surface area contributed by atoms with E-state index < -0.39 is 0 Å². The summed E-state index contributed by atoms with van der Waals surface area (Å²) in [5.41, 5.74) is 24.6. The van der Waals surface area contributed by atoms with Crippen molar-refractivity contribution in [1.82, 2.24) is 0 Å². The number of rotatable bonds is 13. The molecule has 0 amide bonds. The van der Waals surface area contributed by atoms with E-state index >= 15 is 0 Å². The molecule has 2 aliphatic carbocycles. The molecule has 0 saturated carbocycles. The number of fused-ring (bicyclic) bond motifs is 6. The third kappa shape index (κ3) is 6.67. The van der Waals surface area contributed by atoms with Crippen LogP contribution in [-0.2, 0) is 10.8 Å². The summed E-state index contributed by atoms with van der Waals surface area (Å²) in [5.74, 6) is 0. The van der Waals surface area contributed by atoms with Gasteiger partial charge in [-0.3, -0.25) is 0 Å². The summed E-state index contributed by atoms with van der Waals surface area (Å²) in [6.45, 7) is 9.48. The predicted molar refractivity (Wildman–Crippen MR) is 266 cm³/mol. The molecule has 2 aliphatic rings. The van der Waals surface area contributed by atoms with Gasteiger partial charge >= 0.3 is 0 Å². The van der Waals surface area contributed by atoms with Gasteiger partial charge in [-0.05, 0) is 150 Å². The van der Waals surface area contributed by atoms with Crippen LogP contribution in [0.2, 0.25) is 0 Å². The van der Waals surface area contributed by atoms with Crippen molar-refractivity contribution < 1.29 is 0 Å². The third-order valence-electron chi connectivity index (χ3n) is 14.4. The van der Waals surface area contributed by atoms with Crippen molar-refractivity contribution in [3.63, 3.8) is 0 Å². The van der Waals surface area contributed by atoms with Crippen LogP contribution >= 0.6 is 0 Å². The first kappa shape index (κ1) is 39.9. The van der Waals surface area contributed by atoms with E-state index in [0.29, 0.717) is 0 Å². The van der Waals surface area contributed by atoms with E-state index in [1.54, 1.807) is 0 Å². The van der Waals surface area contributed by atoms with E-state index in [1.807, 2.05) is 0 Å². The molecule has 8 aromatic rings. The Morgan fingerprint density at radius 1 is 0.242 bits per heavy atom. The zero-order valence-corrected chi connectivity index (χ0v) is 37.0. The van der Waals surface area contributed by atoms with Crippen molar-refractivity contribution >= 4 is 0 Å². The molecule has 0 fully saturated rings. The lowest BCUT2D eigenvalue weighted by atomic mass is 9.70. The van der Waals surface area contributed by atoms with E-state index in [-0.39, 0.29) is 10.8 Å². The molecule has 0 saturated heterocycles. The van der Waals surface area contributed by atoms with Crippen molar-refractivity contribution in [2.75, 3.05) is 0 Å². The van der Waals surface area contributed by atoms with Gasteiger partial charge in [-0.2, -0.15) is 0 Å². The van der Waals surface area contributed by atoms with Crippen LogP contribution in [0.25, 0.3) is 77.9 Å². The van der Waals surface area contributed by atoms with Gasteiger partial charge in [-0.15, -0.1) is 0 Å². The van der Waals surface area contributed by atoms with Crippen molar-refractivity contribution in [1.29, 1.82) is 0 Å². The summed E-state index contributed by atoms with van der Waals surface area (Å²) in [5, 5.41) is 0. The Bertz CT molecular complexity index is 2650. The highest BCUT2D eigenvalue weighted by Gasteiger charge is 2.44. The van der Waals surface area contributed by atoms with Gasteiger partial charge in [0, 0.05) is 10.8 Å². The van der Waals surface area contributed by atoms with Crippen LogP contribution < -0.4 is 0 Å². The van der Waals surface area contributed by atoms with Crippen molar-refractivity contribution in [2.24, 2.45) is 0 Å². The minimum absolute atomic E-state index is 0.0129. The summed E-state index contributed by atoms with van der Waals surface area (Å²) in [6, 6.07) is 69.3. The number of hydrogen-bond donors (Lipinski definition) is 0. The van der Waals surface area contributed by atoms with Crippen molar-refractivity contribution in [2.45, 2.75) is 89.9 Å². The predicted octanol–water partition coefficient (Wildman–Crippen LogP) is 17.8. The molecule has 0 aliphatic heterocycles. The lowest BCUT2D eigenvalue weighted by molar-refractivity contribution is 0.435. The van der Waals surface area contributed by atoms with Crippen LogP contribution in [0.1, 0.15) is 101 Å². The second-order valence-electron chi connectivity index (χ2n) is 18.1. The van der Waals surface area contributed by atoms with Crippen LogP contribution in [0.15, 0.2) is 182 Å². The summed E-state index contributed by atoms with van der Waals surface area (Å²) in [6.07, 6.45) is 9.16. The second-order valence-corrected chi connectivity index (χ2v) is 18.1. The molecular weight excluding hydrogens is 745 g/mol. The molecular formula is C62H58. The summed E-state index contributed by atoms with van der Waals surface area (Å²) >= 11 is 0. The SMILES string of the molecule is CCCC1(CCC)c2cc(-c3ccc(-c4ccccc4)cc3)ccc2-c2ccc(-c3ccc4c(c3)C(CCC)(CCC)c3cc(-c5ccc(-c6ccccc6)cc5)ccc3-4)cc21.